The largest absolute Gasteiger partial charge is 0.479 e. The Labute approximate surface area is 425 Å². The number of carbonyl (C=O) groups is 5. The number of imidazole rings is 1. The summed E-state index contributed by atoms with van der Waals surface area (Å²) in [6.45, 7) is 7.82. The number of anilines is 3. The number of halogens is 1. The van der Waals surface area contributed by atoms with Crippen molar-refractivity contribution in [1.29, 1.82) is 0 Å². The molecule has 4 fully saturated rings. The maximum absolute atomic E-state index is 13.7. The van der Waals surface area contributed by atoms with E-state index < -0.39 is 46.1 Å². The minimum atomic E-state index is -3.70. The molecular weight excluding hydrogens is 988 g/mol. The summed E-state index contributed by atoms with van der Waals surface area (Å²) < 4.78 is 43.0. The number of urea groups is 1. The number of esters is 1. The third-order valence-corrected chi connectivity index (χ3v) is 17.3. The molecule has 22 heteroatoms. The molecule has 4 aliphatic heterocycles. The van der Waals surface area contributed by atoms with Gasteiger partial charge in [0.1, 0.15) is 16.7 Å². The van der Waals surface area contributed by atoms with Gasteiger partial charge in [-0.1, -0.05) is 35.9 Å². The zero-order chi connectivity index (χ0) is 51.3. The number of rotatable bonds is 13. The third-order valence-electron chi connectivity index (χ3n) is 13.7. The molecule has 0 saturated carbocycles. The molecule has 0 radical (unpaired) electrons. The summed E-state index contributed by atoms with van der Waals surface area (Å²) in [6, 6.07) is 19.1. The van der Waals surface area contributed by atoms with Gasteiger partial charge in [-0.25, -0.2) is 31.9 Å². The van der Waals surface area contributed by atoms with Gasteiger partial charge in [0.2, 0.25) is 21.8 Å². The molecule has 1 atom stereocenters. The van der Waals surface area contributed by atoms with Crippen molar-refractivity contribution in [2.45, 2.75) is 82.7 Å². The number of imide groups is 1. The highest BCUT2D eigenvalue weighted by molar-refractivity contribution is 7.88. The van der Waals surface area contributed by atoms with Crippen molar-refractivity contribution in [3.05, 3.63) is 92.7 Å². The van der Waals surface area contributed by atoms with E-state index in [4.69, 9.17) is 21.1 Å². The summed E-state index contributed by atoms with van der Waals surface area (Å²) in [7, 11) is -2.01. The second-order valence-electron chi connectivity index (χ2n) is 20.1. The van der Waals surface area contributed by atoms with Gasteiger partial charge < -0.3 is 35.0 Å². The van der Waals surface area contributed by atoms with Gasteiger partial charge in [0.15, 0.2) is 17.2 Å². The number of fused-ring (bicyclic) bond motifs is 1. The Kier molecular flexibility index (Phi) is 14.0. The molecule has 4 N–H and O–H groups in total. The van der Waals surface area contributed by atoms with Crippen molar-refractivity contribution < 1.29 is 47.0 Å². The molecule has 72 heavy (non-hydrogen) atoms. The average molecular weight is 1050 g/mol. The van der Waals surface area contributed by atoms with E-state index >= 15 is 0 Å². The monoisotopic (exact) mass is 1040 g/mol. The van der Waals surface area contributed by atoms with E-state index in [2.05, 4.69) is 20.9 Å². The minimum absolute atomic E-state index is 0.0366. The van der Waals surface area contributed by atoms with E-state index in [-0.39, 0.29) is 63.3 Å². The first-order valence-corrected chi connectivity index (χ1v) is 26.7. The number of benzene rings is 3. The number of ether oxygens (including phenoxy) is 2. The summed E-state index contributed by atoms with van der Waals surface area (Å²) in [6.07, 6.45) is 3.17. The first-order chi connectivity index (χ1) is 34.2. The third kappa shape index (κ3) is 10.7. The smallest absolute Gasteiger partial charge is 0.352 e. The highest BCUT2D eigenvalue weighted by Crippen LogP contribution is 2.47. The van der Waals surface area contributed by atoms with E-state index in [0.717, 1.165) is 48.6 Å². The standard InChI is InChI=1S/C50H57ClN8O11S2/c1-49(2,3)70-46(64)44-42(69-26-40(61)62)41(51)43(71-44)31-8-6-10-34(24-31)52-32-15-19-58(20-16-32)72(67,68)27-30-7-5-9-33(23-30)53-47(65)56-21-17-50(18-22-56)28-57(29-50)35-11-12-36-38(25-35)55(4)48(66)59(36)37-13-14-39(60)54-45(37)63/h5-12,23-25,32,37,52H,13-22,26-29H2,1-4H3,(H,53,65)(H,61,62)(H,54,60,63). The number of carboxylic acid groups (broad SMARTS) is 1. The zero-order valence-electron chi connectivity index (χ0n) is 40.4. The van der Waals surface area contributed by atoms with Crippen LogP contribution in [0.25, 0.3) is 21.5 Å². The SMILES string of the molecule is Cn1c(=O)n(C2CCC(=O)NC2=O)c2ccc(N3CC4(CCN(C(=O)Nc5cccc(CS(=O)(=O)N6CCC(Nc7cccc(-c8sc(C(=O)OC(C)(C)C)c(OCC(=O)O)c8Cl)c7)CC6)c5)CC4)C3)cc21. The van der Waals surface area contributed by atoms with Crippen molar-refractivity contribution in [3.8, 4) is 16.2 Å². The predicted octanol–water partition coefficient (Wildman–Crippen LogP) is 6.66. The molecule has 4 aliphatic rings. The lowest BCUT2D eigenvalue weighted by molar-refractivity contribution is -0.139. The van der Waals surface area contributed by atoms with Gasteiger partial charge in [0.05, 0.1) is 21.7 Å². The molecule has 9 rings (SSSR count). The summed E-state index contributed by atoms with van der Waals surface area (Å²) in [5.74, 6) is -2.99. The van der Waals surface area contributed by atoms with Crippen LogP contribution in [0.15, 0.2) is 71.5 Å². The van der Waals surface area contributed by atoms with Crippen LogP contribution in [0.4, 0.5) is 21.9 Å². The molecule has 382 valence electrons. The minimum Gasteiger partial charge on any atom is -0.479 e. The molecule has 0 bridgehead atoms. The molecular formula is C50H57ClN8O11S2. The van der Waals surface area contributed by atoms with Gasteiger partial charge in [-0.3, -0.25) is 24.0 Å². The van der Waals surface area contributed by atoms with Crippen molar-refractivity contribution in [2.75, 3.05) is 61.4 Å². The van der Waals surface area contributed by atoms with Crippen LogP contribution in [0.3, 0.4) is 0 Å². The van der Waals surface area contributed by atoms with Gasteiger partial charge in [0, 0.05) is 81.3 Å². The predicted molar refractivity (Wildman–Crippen MR) is 273 cm³/mol. The molecule has 0 aliphatic carbocycles. The maximum Gasteiger partial charge on any atom is 0.352 e. The van der Waals surface area contributed by atoms with Gasteiger partial charge in [-0.05, 0) is 106 Å². The number of aromatic nitrogens is 2. The number of aliphatic carboxylic acids is 1. The molecule has 6 heterocycles. The summed E-state index contributed by atoms with van der Waals surface area (Å²) in [4.78, 5) is 80.2. The number of amides is 4. The van der Waals surface area contributed by atoms with Crippen LogP contribution in [-0.2, 0) is 41.9 Å². The highest BCUT2D eigenvalue weighted by atomic mass is 35.5. The lowest BCUT2D eigenvalue weighted by atomic mass is 9.72. The highest BCUT2D eigenvalue weighted by Gasteiger charge is 2.46. The quantitative estimate of drug-likeness (QED) is 0.0715. The van der Waals surface area contributed by atoms with Crippen molar-refractivity contribution in [1.82, 2.24) is 23.7 Å². The van der Waals surface area contributed by atoms with Crippen LogP contribution in [0.5, 0.6) is 5.75 Å². The molecule has 19 nitrogen and oxygen atoms in total. The number of piperidine rings is 3. The second-order valence-corrected chi connectivity index (χ2v) is 23.4. The van der Waals surface area contributed by atoms with E-state index in [1.807, 2.05) is 42.5 Å². The van der Waals surface area contributed by atoms with E-state index in [1.54, 1.807) is 57.0 Å². The van der Waals surface area contributed by atoms with Crippen LogP contribution in [0, 0.1) is 5.41 Å². The van der Waals surface area contributed by atoms with Gasteiger partial charge in [-0.15, -0.1) is 11.3 Å². The molecule has 5 aromatic rings. The van der Waals surface area contributed by atoms with Crippen LogP contribution in [-0.4, -0.2) is 119 Å². The summed E-state index contributed by atoms with van der Waals surface area (Å²) in [5, 5.41) is 18.2. The lowest BCUT2D eigenvalue weighted by Gasteiger charge is -2.55. The van der Waals surface area contributed by atoms with Crippen LogP contribution in [0.1, 0.15) is 80.6 Å². The van der Waals surface area contributed by atoms with E-state index in [0.29, 0.717) is 71.7 Å². The number of nitrogens with zero attached hydrogens (tertiary/aromatic N) is 5. The number of carbonyl (C=O) groups excluding carboxylic acids is 4. The van der Waals surface area contributed by atoms with Gasteiger partial charge >= 0.3 is 23.7 Å². The van der Waals surface area contributed by atoms with E-state index in [9.17, 15) is 42.3 Å². The Balaban J connectivity index is 0.751. The zero-order valence-corrected chi connectivity index (χ0v) is 42.8. The Hall–Kier alpha value is -6.42. The fourth-order valence-corrected chi connectivity index (χ4v) is 13.0. The topological polar surface area (TPSA) is 231 Å². The van der Waals surface area contributed by atoms with Crippen molar-refractivity contribution in [2.24, 2.45) is 12.5 Å². The number of hydrogen-bond donors (Lipinski definition) is 4. The number of likely N-dealkylation sites (tertiary alicyclic amines) is 1. The number of nitrogens with one attached hydrogen (secondary N) is 3. The number of aryl methyl sites for hydroxylation is 1. The maximum atomic E-state index is 13.7. The molecule has 4 amide bonds. The van der Waals surface area contributed by atoms with Crippen LogP contribution < -0.4 is 31.3 Å². The lowest BCUT2D eigenvalue weighted by Crippen LogP contribution is -2.61. The Morgan fingerprint density at radius 3 is 2.32 bits per heavy atom. The second kappa shape index (κ2) is 19.9. The van der Waals surface area contributed by atoms with Gasteiger partial charge in [0.25, 0.3) is 0 Å². The Morgan fingerprint density at radius 2 is 1.62 bits per heavy atom. The van der Waals surface area contributed by atoms with Crippen LogP contribution in [0.2, 0.25) is 5.02 Å². The van der Waals surface area contributed by atoms with E-state index in [1.165, 1.54) is 13.4 Å². The first kappa shape index (κ1) is 50.5. The summed E-state index contributed by atoms with van der Waals surface area (Å²) in [5.41, 5.74) is 3.73. The Morgan fingerprint density at radius 1 is 0.917 bits per heavy atom. The number of carboxylic acids is 1. The molecule has 4 saturated heterocycles. The first-order valence-electron chi connectivity index (χ1n) is 23.9. The summed E-state index contributed by atoms with van der Waals surface area (Å²) >= 11 is 7.76. The van der Waals surface area contributed by atoms with Gasteiger partial charge in [-0.2, -0.15) is 0 Å². The number of hydrogen-bond acceptors (Lipinski definition) is 13. The number of sulfonamides is 1. The Bertz CT molecular complexity index is 3140. The van der Waals surface area contributed by atoms with Crippen molar-refractivity contribution >= 4 is 90.8 Å². The average Bonchev–Trinajstić information content (AvgIpc) is 3.78. The molecule has 2 aromatic heterocycles. The number of thiophene rings is 1. The normalized spacial score (nSPS) is 18.7. The fraction of sp³-hybridized carbons (Fsp3) is 0.440. The van der Waals surface area contributed by atoms with Crippen LogP contribution >= 0.6 is 22.9 Å². The van der Waals surface area contributed by atoms with Crippen molar-refractivity contribution in [3.63, 3.8) is 0 Å². The molecule has 1 unspecified atom stereocenters. The molecule has 3 aromatic carbocycles. The molecule has 1 spiro atoms. The fourth-order valence-electron chi connectivity index (χ4n) is 10.0.